The first-order chi connectivity index (χ1) is 9.46. The van der Waals surface area contributed by atoms with Gasteiger partial charge in [-0.1, -0.05) is 25.7 Å². The minimum atomic E-state index is -1.05. The van der Waals surface area contributed by atoms with Crippen molar-refractivity contribution in [1.82, 2.24) is 14.3 Å². The van der Waals surface area contributed by atoms with Gasteiger partial charge in [-0.15, -0.1) is 0 Å². The molecule has 0 aliphatic rings. The molecule has 20 heavy (non-hydrogen) atoms. The maximum atomic E-state index is 11.7. The second kappa shape index (κ2) is 6.19. The molecule has 6 heteroatoms. The van der Waals surface area contributed by atoms with Crippen molar-refractivity contribution in [2.75, 3.05) is 6.61 Å². The molecule has 2 rings (SSSR count). The van der Waals surface area contributed by atoms with Gasteiger partial charge in [0.1, 0.15) is 6.73 Å². The molecule has 0 aliphatic heterocycles. The molecule has 0 atom stereocenters. The Morgan fingerprint density at radius 3 is 2.80 bits per heavy atom. The third kappa shape index (κ3) is 4.18. The van der Waals surface area contributed by atoms with Gasteiger partial charge in [-0.3, -0.25) is 9.36 Å². The van der Waals surface area contributed by atoms with E-state index < -0.39 is 8.07 Å². The van der Waals surface area contributed by atoms with E-state index in [1.165, 1.54) is 6.07 Å². The van der Waals surface area contributed by atoms with Crippen LogP contribution in [-0.2, 0) is 11.5 Å². The zero-order valence-electron chi connectivity index (χ0n) is 12.2. The average molecular weight is 291 g/mol. The number of rotatable bonds is 6. The predicted octanol–water partition coefficient (Wildman–Crippen LogP) is 2.35. The molecule has 0 saturated carbocycles. The topological polar surface area (TPSA) is 49.0 Å². The van der Waals surface area contributed by atoms with Crippen LogP contribution in [-0.4, -0.2) is 29.0 Å². The van der Waals surface area contributed by atoms with Crippen molar-refractivity contribution in [2.24, 2.45) is 0 Å². The Bertz CT molecular complexity index is 613. The Kier molecular flexibility index (Phi) is 4.56. The second-order valence-electron chi connectivity index (χ2n) is 5.99. The minimum Gasteiger partial charge on any atom is -0.360 e. The van der Waals surface area contributed by atoms with E-state index in [2.05, 4.69) is 24.7 Å². The first-order valence-corrected chi connectivity index (χ1v) is 10.4. The van der Waals surface area contributed by atoms with Gasteiger partial charge in [0.25, 0.3) is 5.56 Å². The SMILES string of the molecule is C[Si](C)(C)CCOCn1cc(-n2ccccc2=O)cn1. The van der Waals surface area contributed by atoms with Gasteiger partial charge in [0, 0.05) is 26.9 Å². The summed E-state index contributed by atoms with van der Waals surface area (Å²) in [4.78, 5) is 11.7. The van der Waals surface area contributed by atoms with E-state index in [4.69, 9.17) is 4.74 Å². The van der Waals surface area contributed by atoms with Gasteiger partial charge in [0.2, 0.25) is 0 Å². The van der Waals surface area contributed by atoms with E-state index >= 15 is 0 Å². The van der Waals surface area contributed by atoms with Crippen molar-refractivity contribution in [1.29, 1.82) is 0 Å². The summed E-state index contributed by atoms with van der Waals surface area (Å²) < 4.78 is 8.89. The summed E-state index contributed by atoms with van der Waals surface area (Å²) in [6, 6.07) is 6.22. The molecular formula is C14H21N3O2Si. The van der Waals surface area contributed by atoms with E-state index in [0.29, 0.717) is 6.73 Å². The molecule has 0 bridgehead atoms. The smallest absolute Gasteiger partial charge is 0.255 e. The van der Waals surface area contributed by atoms with E-state index in [1.807, 2.05) is 12.3 Å². The van der Waals surface area contributed by atoms with Crippen molar-refractivity contribution in [3.8, 4) is 5.69 Å². The Labute approximate surface area is 119 Å². The van der Waals surface area contributed by atoms with Gasteiger partial charge in [0.05, 0.1) is 18.1 Å². The van der Waals surface area contributed by atoms with Crippen molar-refractivity contribution in [3.05, 3.63) is 47.1 Å². The lowest BCUT2D eigenvalue weighted by Crippen LogP contribution is -2.22. The number of nitrogens with zero attached hydrogens (tertiary/aromatic N) is 3. The van der Waals surface area contributed by atoms with E-state index in [1.54, 1.807) is 27.7 Å². The monoisotopic (exact) mass is 291 g/mol. The molecule has 0 radical (unpaired) electrons. The number of aromatic nitrogens is 3. The summed E-state index contributed by atoms with van der Waals surface area (Å²) in [6.45, 7) is 8.15. The van der Waals surface area contributed by atoms with Crippen molar-refractivity contribution in [3.63, 3.8) is 0 Å². The highest BCUT2D eigenvalue weighted by atomic mass is 28.3. The van der Waals surface area contributed by atoms with Gasteiger partial charge in [-0.05, 0) is 12.1 Å². The minimum absolute atomic E-state index is 0.0632. The fraction of sp³-hybridized carbons (Fsp3) is 0.429. The van der Waals surface area contributed by atoms with Crippen LogP contribution in [0.2, 0.25) is 25.7 Å². The van der Waals surface area contributed by atoms with Crippen LogP contribution in [0.15, 0.2) is 41.6 Å². The molecule has 0 N–H and O–H groups in total. The predicted molar refractivity (Wildman–Crippen MR) is 81.9 cm³/mol. The summed E-state index contributed by atoms with van der Waals surface area (Å²) in [7, 11) is -1.05. The van der Waals surface area contributed by atoms with E-state index in [9.17, 15) is 4.79 Å². The highest BCUT2D eigenvalue weighted by molar-refractivity contribution is 6.76. The van der Waals surface area contributed by atoms with Crippen LogP contribution in [0.25, 0.3) is 5.69 Å². The first kappa shape index (κ1) is 14.7. The summed E-state index contributed by atoms with van der Waals surface area (Å²) in [6.07, 6.45) is 5.22. The molecule has 0 amide bonds. The van der Waals surface area contributed by atoms with Crippen molar-refractivity contribution >= 4 is 8.07 Å². The Morgan fingerprint density at radius 2 is 2.10 bits per heavy atom. The molecule has 0 fully saturated rings. The molecule has 0 unspecified atom stereocenters. The molecule has 0 spiro atoms. The molecule has 2 aromatic heterocycles. The Balaban J connectivity index is 1.93. The number of pyridine rings is 1. The molecule has 2 heterocycles. The third-order valence-corrected chi connectivity index (χ3v) is 4.64. The standard InChI is InChI=1S/C14H21N3O2Si/c1-20(2,3)9-8-19-12-16-11-13(10-15-16)17-7-5-4-6-14(17)18/h4-7,10-11H,8-9,12H2,1-3H3. The molecule has 2 aromatic rings. The van der Waals surface area contributed by atoms with E-state index in [-0.39, 0.29) is 5.56 Å². The van der Waals surface area contributed by atoms with Gasteiger partial charge in [0.15, 0.2) is 0 Å². The van der Waals surface area contributed by atoms with Crippen LogP contribution in [0.5, 0.6) is 0 Å². The highest BCUT2D eigenvalue weighted by Crippen LogP contribution is 2.08. The Morgan fingerprint density at radius 1 is 1.30 bits per heavy atom. The van der Waals surface area contributed by atoms with E-state index in [0.717, 1.165) is 18.3 Å². The number of ether oxygens (including phenoxy) is 1. The number of hydrogen-bond donors (Lipinski definition) is 0. The van der Waals surface area contributed by atoms with Gasteiger partial charge in [-0.2, -0.15) is 5.10 Å². The van der Waals surface area contributed by atoms with Crippen LogP contribution in [0, 0.1) is 0 Å². The summed E-state index contributed by atoms with van der Waals surface area (Å²) in [5.74, 6) is 0. The molecule has 108 valence electrons. The van der Waals surface area contributed by atoms with Crippen LogP contribution in [0.4, 0.5) is 0 Å². The summed E-state index contributed by atoms with van der Waals surface area (Å²) in [5.41, 5.74) is 0.691. The first-order valence-electron chi connectivity index (χ1n) is 6.74. The summed E-state index contributed by atoms with van der Waals surface area (Å²) >= 11 is 0. The van der Waals surface area contributed by atoms with Crippen LogP contribution < -0.4 is 5.56 Å². The van der Waals surface area contributed by atoms with Gasteiger partial charge < -0.3 is 4.74 Å². The average Bonchev–Trinajstić information content (AvgIpc) is 2.83. The fourth-order valence-electron chi connectivity index (χ4n) is 1.72. The lowest BCUT2D eigenvalue weighted by molar-refractivity contribution is 0.0786. The van der Waals surface area contributed by atoms with Gasteiger partial charge in [-0.25, -0.2) is 4.68 Å². The maximum Gasteiger partial charge on any atom is 0.255 e. The maximum absolute atomic E-state index is 11.7. The zero-order valence-corrected chi connectivity index (χ0v) is 13.2. The normalized spacial score (nSPS) is 11.8. The molecular weight excluding hydrogens is 270 g/mol. The zero-order chi connectivity index (χ0) is 14.6. The fourth-order valence-corrected chi connectivity index (χ4v) is 2.48. The van der Waals surface area contributed by atoms with Crippen LogP contribution in [0.3, 0.4) is 0 Å². The lowest BCUT2D eigenvalue weighted by Gasteiger charge is -2.15. The van der Waals surface area contributed by atoms with Crippen molar-refractivity contribution < 1.29 is 4.74 Å². The third-order valence-electron chi connectivity index (χ3n) is 2.94. The lowest BCUT2D eigenvalue weighted by atomic mass is 10.4. The van der Waals surface area contributed by atoms with Crippen molar-refractivity contribution in [2.45, 2.75) is 32.4 Å². The van der Waals surface area contributed by atoms with Gasteiger partial charge >= 0.3 is 0 Å². The summed E-state index contributed by atoms with van der Waals surface area (Å²) in [5, 5.41) is 4.21. The quantitative estimate of drug-likeness (QED) is 0.606. The highest BCUT2D eigenvalue weighted by Gasteiger charge is 2.12. The number of hydrogen-bond acceptors (Lipinski definition) is 3. The molecule has 0 aliphatic carbocycles. The van der Waals surface area contributed by atoms with Crippen LogP contribution in [0.1, 0.15) is 0 Å². The Hall–Kier alpha value is -1.66. The second-order valence-corrected chi connectivity index (χ2v) is 11.6. The largest absolute Gasteiger partial charge is 0.360 e. The molecule has 0 aromatic carbocycles. The molecule has 5 nitrogen and oxygen atoms in total. The molecule has 0 saturated heterocycles. The van der Waals surface area contributed by atoms with Crippen LogP contribution >= 0.6 is 0 Å².